The number of pyridine rings is 1. The lowest BCUT2D eigenvalue weighted by Crippen LogP contribution is -2.47. The van der Waals surface area contributed by atoms with Gasteiger partial charge >= 0.3 is 11.9 Å². The van der Waals surface area contributed by atoms with Crippen molar-refractivity contribution in [1.29, 1.82) is 0 Å². The van der Waals surface area contributed by atoms with Crippen LogP contribution in [0.15, 0.2) is 24.3 Å². The second kappa shape index (κ2) is 8.27. The Morgan fingerprint density at radius 3 is 2.42 bits per heavy atom. The molecule has 1 aromatic carbocycles. The maximum Gasteiger partial charge on any atom is 0.340 e. The lowest BCUT2D eigenvalue weighted by Gasteiger charge is -2.24. The fourth-order valence-corrected chi connectivity index (χ4v) is 2.73. The average molecular weight is 358 g/mol. The summed E-state index contributed by atoms with van der Waals surface area (Å²) >= 11 is 0. The quantitative estimate of drug-likeness (QED) is 0.766. The molecule has 0 spiro atoms. The van der Waals surface area contributed by atoms with Crippen LogP contribution in [0.25, 0.3) is 10.9 Å². The smallest absolute Gasteiger partial charge is 0.340 e. The number of esters is 2. The summed E-state index contributed by atoms with van der Waals surface area (Å²) in [5.41, 5.74) is 1.71. The van der Waals surface area contributed by atoms with Gasteiger partial charge < -0.3 is 9.47 Å². The summed E-state index contributed by atoms with van der Waals surface area (Å²) in [6.07, 6.45) is 0. The van der Waals surface area contributed by atoms with Crippen LogP contribution in [0.4, 0.5) is 0 Å². The first-order valence-corrected chi connectivity index (χ1v) is 8.79. The van der Waals surface area contributed by atoms with Crippen molar-refractivity contribution in [2.45, 2.75) is 46.7 Å². The van der Waals surface area contributed by atoms with E-state index in [4.69, 9.17) is 9.47 Å². The van der Waals surface area contributed by atoms with Crippen molar-refractivity contribution >= 4 is 22.8 Å². The van der Waals surface area contributed by atoms with Gasteiger partial charge in [0, 0.05) is 11.9 Å². The van der Waals surface area contributed by atoms with E-state index < -0.39 is 11.5 Å². The molecule has 0 saturated heterocycles. The molecular formula is C20H26N2O4. The number of fused-ring (bicyclic) bond motifs is 1. The minimum atomic E-state index is -0.900. The third-order valence-corrected chi connectivity index (χ3v) is 4.19. The van der Waals surface area contributed by atoms with Crippen molar-refractivity contribution in [3.05, 3.63) is 41.1 Å². The summed E-state index contributed by atoms with van der Waals surface area (Å²) < 4.78 is 10.3. The first kappa shape index (κ1) is 19.8. The number of hydrogen-bond donors (Lipinski definition) is 1. The van der Waals surface area contributed by atoms with E-state index >= 15 is 0 Å². The van der Waals surface area contributed by atoms with Crippen LogP contribution in [0, 0.1) is 6.92 Å². The van der Waals surface area contributed by atoms with Gasteiger partial charge in [-0.05, 0) is 46.2 Å². The number of para-hydroxylation sites is 1. The van der Waals surface area contributed by atoms with Gasteiger partial charge in [-0.1, -0.05) is 18.2 Å². The Balaban J connectivity index is 2.43. The monoisotopic (exact) mass is 358 g/mol. The molecule has 0 amide bonds. The number of nitrogens with one attached hydrogen (secondary N) is 1. The van der Waals surface area contributed by atoms with Gasteiger partial charge in [-0.2, -0.15) is 0 Å². The van der Waals surface area contributed by atoms with Gasteiger partial charge in [-0.15, -0.1) is 0 Å². The molecular weight excluding hydrogens is 332 g/mol. The molecule has 0 radical (unpaired) electrons. The summed E-state index contributed by atoms with van der Waals surface area (Å²) in [6.45, 7) is 9.73. The molecule has 0 aliphatic carbocycles. The Hall–Kier alpha value is -2.47. The third-order valence-electron chi connectivity index (χ3n) is 4.19. The van der Waals surface area contributed by atoms with E-state index in [0.717, 1.165) is 16.5 Å². The normalized spacial score (nSPS) is 11.4. The van der Waals surface area contributed by atoms with E-state index in [9.17, 15) is 9.59 Å². The fraction of sp³-hybridized carbons (Fsp3) is 0.450. The van der Waals surface area contributed by atoms with Crippen molar-refractivity contribution in [3.8, 4) is 0 Å². The van der Waals surface area contributed by atoms with Gasteiger partial charge in [0.15, 0.2) is 0 Å². The number of hydrogen-bond acceptors (Lipinski definition) is 6. The minimum Gasteiger partial charge on any atom is -0.465 e. The molecule has 0 bridgehead atoms. The van der Waals surface area contributed by atoms with E-state index in [1.165, 1.54) is 0 Å². The van der Waals surface area contributed by atoms with Crippen molar-refractivity contribution in [2.24, 2.45) is 0 Å². The lowest BCUT2D eigenvalue weighted by atomic mass is 10.00. The molecule has 1 heterocycles. The van der Waals surface area contributed by atoms with Crippen LogP contribution >= 0.6 is 0 Å². The van der Waals surface area contributed by atoms with Gasteiger partial charge in [0.05, 0.1) is 30.0 Å². The highest BCUT2D eigenvalue weighted by Crippen LogP contribution is 2.24. The Kier molecular flexibility index (Phi) is 6.32. The molecule has 2 rings (SSSR count). The van der Waals surface area contributed by atoms with Crippen LogP contribution in [0.1, 0.15) is 49.3 Å². The Bertz CT molecular complexity index is 815. The molecule has 0 saturated carbocycles. The number of benzene rings is 1. The Labute approximate surface area is 153 Å². The number of aryl methyl sites for hydroxylation is 1. The third kappa shape index (κ3) is 4.19. The van der Waals surface area contributed by atoms with Gasteiger partial charge in [-0.25, -0.2) is 4.79 Å². The Morgan fingerprint density at radius 2 is 1.77 bits per heavy atom. The lowest BCUT2D eigenvalue weighted by molar-refractivity contribution is -0.149. The number of rotatable bonds is 7. The van der Waals surface area contributed by atoms with Crippen LogP contribution in [-0.2, 0) is 20.8 Å². The highest BCUT2D eigenvalue weighted by molar-refractivity contribution is 5.98. The van der Waals surface area contributed by atoms with Crippen LogP contribution in [0.3, 0.4) is 0 Å². The van der Waals surface area contributed by atoms with E-state index in [0.29, 0.717) is 17.9 Å². The summed E-state index contributed by atoms with van der Waals surface area (Å²) in [4.78, 5) is 29.2. The first-order valence-electron chi connectivity index (χ1n) is 8.79. The molecule has 6 nitrogen and oxygen atoms in total. The highest BCUT2D eigenvalue weighted by atomic mass is 16.5. The zero-order chi connectivity index (χ0) is 19.3. The zero-order valence-electron chi connectivity index (χ0n) is 16.0. The largest absolute Gasteiger partial charge is 0.465 e. The molecule has 1 aromatic heterocycles. The first-order chi connectivity index (χ1) is 12.3. The predicted octanol–water partition coefficient (Wildman–Crippen LogP) is 3.15. The van der Waals surface area contributed by atoms with Crippen LogP contribution in [0.5, 0.6) is 0 Å². The average Bonchev–Trinajstić information content (AvgIpc) is 2.60. The zero-order valence-corrected chi connectivity index (χ0v) is 16.0. The number of ether oxygens (including phenoxy) is 2. The number of nitrogens with zero attached hydrogens (tertiary/aromatic N) is 1. The van der Waals surface area contributed by atoms with Crippen molar-refractivity contribution < 1.29 is 19.1 Å². The maximum absolute atomic E-state index is 12.5. The molecule has 2 aromatic rings. The van der Waals surface area contributed by atoms with Gasteiger partial charge in [0.1, 0.15) is 5.54 Å². The molecule has 0 unspecified atom stereocenters. The number of carbonyl (C=O) groups excluding carboxylic acids is 2. The van der Waals surface area contributed by atoms with E-state index in [-0.39, 0.29) is 19.1 Å². The van der Waals surface area contributed by atoms with Crippen LogP contribution < -0.4 is 5.32 Å². The second-order valence-electron chi connectivity index (χ2n) is 6.50. The molecule has 0 aliphatic rings. The maximum atomic E-state index is 12.5. The Morgan fingerprint density at radius 1 is 1.12 bits per heavy atom. The highest BCUT2D eigenvalue weighted by Gasteiger charge is 2.30. The molecule has 0 fully saturated rings. The summed E-state index contributed by atoms with van der Waals surface area (Å²) in [6, 6.07) is 7.64. The van der Waals surface area contributed by atoms with Crippen molar-refractivity contribution in [2.75, 3.05) is 13.2 Å². The predicted molar refractivity (Wildman–Crippen MR) is 100.0 cm³/mol. The van der Waals surface area contributed by atoms with Crippen LogP contribution in [-0.4, -0.2) is 35.7 Å². The second-order valence-corrected chi connectivity index (χ2v) is 6.50. The van der Waals surface area contributed by atoms with Gasteiger partial charge in [0.25, 0.3) is 0 Å². The topological polar surface area (TPSA) is 77.5 Å². The number of aromatic nitrogens is 1. The summed E-state index contributed by atoms with van der Waals surface area (Å²) in [5, 5.41) is 4.05. The van der Waals surface area contributed by atoms with Gasteiger partial charge in [-0.3, -0.25) is 15.1 Å². The van der Waals surface area contributed by atoms with Gasteiger partial charge in [0.2, 0.25) is 0 Å². The molecule has 26 heavy (non-hydrogen) atoms. The van der Waals surface area contributed by atoms with Crippen LogP contribution in [0.2, 0.25) is 0 Å². The molecule has 140 valence electrons. The minimum absolute atomic E-state index is 0.242. The molecule has 0 aliphatic heterocycles. The summed E-state index contributed by atoms with van der Waals surface area (Å²) in [7, 11) is 0. The SMILES string of the molecule is CCOC(=O)c1c(CNC(C)(C)C(=O)OCC)nc2ccccc2c1C. The fourth-order valence-electron chi connectivity index (χ4n) is 2.73. The molecule has 1 N–H and O–H groups in total. The van der Waals surface area contributed by atoms with Crippen molar-refractivity contribution in [1.82, 2.24) is 10.3 Å². The van der Waals surface area contributed by atoms with Crippen molar-refractivity contribution in [3.63, 3.8) is 0 Å². The summed E-state index contributed by atoms with van der Waals surface area (Å²) in [5.74, 6) is -0.760. The molecule has 6 heteroatoms. The van der Waals surface area contributed by atoms with E-state index in [1.807, 2.05) is 31.2 Å². The standard InChI is InChI=1S/C20H26N2O4/c1-6-25-18(23)17-13(3)14-10-8-9-11-15(14)22-16(17)12-21-20(4,5)19(24)26-7-2/h8-11,21H,6-7,12H2,1-5H3. The van der Waals surface area contributed by atoms with E-state index in [2.05, 4.69) is 10.3 Å². The number of carbonyl (C=O) groups is 2. The molecule has 0 atom stereocenters. The van der Waals surface area contributed by atoms with E-state index in [1.54, 1.807) is 27.7 Å².